The van der Waals surface area contributed by atoms with E-state index in [4.69, 9.17) is 0 Å². The molecule has 2 heterocycles. The number of alkyl halides is 2. The van der Waals surface area contributed by atoms with Gasteiger partial charge in [0.15, 0.2) is 0 Å². The van der Waals surface area contributed by atoms with Crippen molar-refractivity contribution in [3.63, 3.8) is 0 Å². The fourth-order valence-corrected chi connectivity index (χ4v) is 3.48. The minimum atomic E-state index is -2.84. The molecule has 0 radical (unpaired) electrons. The van der Waals surface area contributed by atoms with Gasteiger partial charge >= 0.3 is 6.55 Å². The number of ketones is 1. The molecule has 2 fully saturated rings. The Bertz CT molecular complexity index is 558. The number of fused-ring (bicyclic) bond motifs is 1. The van der Waals surface area contributed by atoms with E-state index in [1.54, 1.807) is 4.90 Å². The summed E-state index contributed by atoms with van der Waals surface area (Å²) in [6.45, 7) is -2.53. The Balaban J connectivity index is 1.86. The molecule has 0 bridgehead atoms. The van der Waals surface area contributed by atoms with Crippen molar-refractivity contribution < 1.29 is 18.4 Å². The van der Waals surface area contributed by atoms with Crippen LogP contribution in [0.5, 0.6) is 0 Å². The van der Waals surface area contributed by atoms with Crippen LogP contribution in [0.3, 0.4) is 0 Å². The van der Waals surface area contributed by atoms with E-state index in [2.05, 4.69) is 5.10 Å². The second kappa shape index (κ2) is 5.54. The van der Waals surface area contributed by atoms with E-state index in [1.165, 1.54) is 12.3 Å². The molecule has 0 unspecified atom stereocenters. The molecule has 3 rings (SSSR count). The summed E-state index contributed by atoms with van der Waals surface area (Å²) < 4.78 is 26.2. The number of hydrogen-bond donors (Lipinski definition) is 0. The van der Waals surface area contributed by atoms with Gasteiger partial charge in [-0.2, -0.15) is 18.6 Å². The van der Waals surface area contributed by atoms with E-state index in [9.17, 15) is 18.4 Å². The molecule has 21 heavy (non-hydrogen) atoms. The minimum absolute atomic E-state index is 0.108. The van der Waals surface area contributed by atoms with Crippen LogP contribution in [-0.4, -0.2) is 39.0 Å². The second-order valence-electron chi connectivity index (χ2n) is 5.61. The molecule has 5 nitrogen and oxygen atoms in total. The molecule has 1 aromatic rings. The number of aromatic nitrogens is 2. The van der Waals surface area contributed by atoms with Gasteiger partial charge in [-0.1, -0.05) is 12.8 Å². The summed E-state index contributed by atoms with van der Waals surface area (Å²) in [5.41, 5.74) is -0.108. The van der Waals surface area contributed by atoms with Crippen LogP contribution < -0.4 is 0 Å². The van der Waals surface area contributed by atoms with E-state index in [-0.39, 0.29) is 23.4 Å². The maximum atomic E-state index is 12.9. The number of halogens is 2. The van der Waals surface area contributed by atoms with Crippen molar-refractivity contribution in [3.8, 4) is 0 Å². The predicted octanol–water partition coefficient (Wildman–Crippen LogP) is 2.25. The molecular weight excluding hydrogens is 280 g/mol. The topological polar surface area (TPSA) is 55.2 Å². The Morgan fingerprint density at radius 1 is 1.33 bits per heavy atom. The third-order valence-electron chi connectivity index (χ3n) is 4.48. The Morgan fingerprint density at radius 3 is 2.86 bits per heavy atom. The molecule has 0 N–H and O–H groups in total. The number of carbonyl (C=O) groups excluding carboxylic acids is 2. The normalized spacial score (nSPS) is 26.0. The van der Waals surface area contributed by atoms with Crippen LogP contribution in [-0.2, 0) is 4.79 Å². The summed E-state index contributed by atoms with van der Waals surface area (Å²) in [6, 6.07) is 1.16. The van der Waals surface area contributed by atoms with Gasteiger partial charge in [0, 0.05) is 31.1 Å². The third-order valence-corrected chi connectivity index (χ3v) is 4.48. The van der Waals surface area contributed by atoms with Crippen LogP contribution in [0, 0.1) is 5.92 Å². The van der Waals surface area contributed by atoms with Gasteiger partial charge in [0.25, 0.3) is 5.91 Å². The number of amides is 1. The van der Waals surface area contributed by atoms with Crippen molar-refractivity contribution in [2.75, 3.05) is 6.54 Å². The zero-order valence-electron chi connectivity index (χ0n) is 11.5. The number of likely N-dealkylation sites (tertiary alicyclic amines) is 1. The van der Waals surface area contributed by atoms with Crippen molar-refractivity contribution in [1.82, 2.24) is 14.7 Å². The first kappa shape index (κ1) is 14.2. The molecular formula is C14H17F2N3O2. The zero-order chi connectivity index (χ0) is 15.0. The summed E-state index contributed by atoms with van der Waals surface area (Å²) in [5, 5.41) is 3.50. The summed E-state index contributed by atoms with van der Waals surface area (Å²) in [5.74, 6) is -0.373. The second-order valence-corrected chi connectivity index (χ2v) is 5.61. The van der Waals surface area contributed by atoms with Crippen LogP contribution >= 0.6 is 0 Å². The van der Waals surface area contributed by atoms with Crippen molar-refractivity contribution in [3.05, 3.63) is 18.0 Å². The lowest BCUT2D eigenvalue weighted by Crippen LogP contribution is -2.53. The highest BCUT2D eigenvalue weighted by Gasteiger charge is 2.41. The van der Waals surface area contributed by atoms with Gasteiger partial charge in [-0.05, 0) is 18.9 Å². The van der Waals surface area contributed by atoms with E-state index >= 15 is 0 Å². The number of hydrogen-bond acceptors (Lipinski definition) is 3. The van der Waals surface area contributed by atoms with Crippen molar-refractivity contribution in [1.29, 1.82) is 0 Å². The molecule has 2 atom stereocenters. The highest BCUT2D eigenvalue weighted by atomic mass is 19.3. The smallest absolute Gasteiger partial charge is 0.333 e. The van der Waals surface area contributed by atoms with Gasteiger partial charge < -0.3 is 4.90 Å². The molecule has 2 aliphatic rings. The highest BCUT2D eigenvalue weighted by molar-refractivity contribution is 5.94. The van der Waals surface area contributed by atoms with Gasteiger partial charge in [0.1, 0.15) is 11.5 Å². The summed E-state index contributed by atoms with van der Waals surface area (Å²) >= 11 is 0. The molecule has 1 aliphatic heterocycles. The Labute approximate surface area is 120 Å². The summed E-state index contributed by atoms with van der Waals surface area (Å²) in [6.07, 6.45) is 5.03. The van der Waals surface area contributed by atoms with Crippen LogP contribution in [0.2, 0.25) is 0 Å². The molecule has 7 heteroatoms. The first-order chi connectivity index (χ1) is 10.1. The number of carbonyl (C=O) groups is 2. The quantitative estimate of drug-likeness (QED) is 0.841. The van der Waals surface area contributed by atoms with Crippen LogP contribution in [0.1, 0.15) is 49.1 Å². The maximum Gasteiger partial charge on any atom is 0.333 e. The Kier molecular flexibility index (Phi) is 3.73. The predicted molar refractivity (Wildman–Crippen MR) is 69.9 cm³/mol. The van der Waals surface area contributed by atoms with Crippen LogP contribution in [0.25, 0.3) is 0 Å². The minimum Gasteiger partial charge on any atom is -0.333 e. The van der Waals surface area contributed by atoms with Crippen molar-refractivity contribution in [2.45, 2.75) is 44.7 Å². The number of nitrogens with zero attached hydrogens (tertiary/aromatic N) is 3. The van der Waals surface area contributed by atoms with E-state index in [1.807, 2.05) is 0 Å². The van der Waals surface area contributed by atoms with Gasteiger partial charge in [-0.25, -0.2) is 0 Å². The van der Waals surface area contributed by atoms with Crippen molar-refractivity contribution >= 4 is 11.7 Å². The van der Waals surface area contributed by atoms with Gasteiger partial charge in [0.05, 0.1) is 0 Å². The molecule has 0 aromatic carbocycles. The summed E-state index contributed by atoms with van der Waals surface area (Å²) in [4.78, 5) is 26.1. The monoisotopic (exact) mass is 297 g/mol. The largest absolute Gasteiger partial charge is 0.333 e. The third kappa shape index (κ3) is 2.45. The van der Waals surface area contributed by atoms with Crippen LogP contribution in [0.4, 0.5) is 8.78 Å². The molecule has 0 spiro atoms. The Hall–Kier alpha value is -1.79. The van der Waals surface area contributed by atoms with Gasteiger partial charge in [-0.15, -0.1) is 0 Å². The van der Waals surface area contributed by atoms with Crippen molar-refractivity contribution in [2.24, 2.45) is 5.92 Å². The van der Waals surface area contributed by atoms with E-state index < -0.39 is 12.5 Å². The molecule has 1 aromatic heterocycles. The average molecular weight is 297 g/mol. The number of rotatable bonds is 2. The number of piperidine rings is 1. The zero-order valence-corrected chi connectivity index (χ0v) is 11.5. The molecule has 1 saturated carbocycles. The van der Waals surface area contributed by atoms with Crippen LogP contribution in [0.15, 0.2) is 12.3 Å². The first-order valence-electron chi connectivity index (χ1n) is 7.25. The van der Waals surface area contributed by atoms with E-state index in [0.717, 1.165) is 25.7 Å². The molecule has 114 valence electrons. The maximum absolute atomic E-state index is 12.9. The lowest BCUT2D eigenvalue weighted by Gasteiger charge is -2.43. The highest BCUT2D eigenvalue weighted by Crippen LogP contribution is 2.34. The van der Waals surface area contributed by atoms with Gasteiger partial charge in [0.2, 0.25) is 0 Å². The lowest BCUT2D eigenvalue weighted by molar-refractivity contribution is -0.129. The van der Waals surface area contributed by atoms with Gasteiger partial charge in [-0.3, -0.25) is 9.59 Å². The molecule has 1 saturated heterocycles. The fourth-order valence-electron chi connectivity index (χ4n) is 3.48. The molecule has 1 amide bonds. The Morgan fingerprint density at radius 2 is 2.10 bits per heavy atom. The first-order valence-corrected chi connectivity index (χ1v) is 7.25. The fraction of sp³-hybridized carbons (Fsp3) is 0.643. The standard InChI is InChI=1S/C14H17F2N3O2/c15-14(16)19-11(5-7-17-19)13(21)18-8-6-12(20)9-3-1-2-4-10(9)18/h5,7,9-10,14H,1-4,6,8H2/t9-,10+/m1/s1. The lowest BCUT2D eigenvalue weighted by atomic mass is 9.77. The number of Topliss-reactive ketones (excluding diaryl/α,β-unsaturated/α-hetero) is 1. The SMILES string of the molecule is O=C1CCN(C(=O)c2ccnn2C(F)F)[C@H]2CCCC[C@@H]12. The molecule has 1 aliphatic carbocycles. The summed E-state index contributed by atoms with van der Waals surface area (Å²) in [7, 11) is 0. The average Bonchev–Trinajstić information content (AvgIpc) is 2.97. The van der Waals surface area contributed by atoms with E-state index in [0.29, 0.717) is 17.6 Å².